The number of aryl methyl sites for hydroxylation is 1. The van der Waals surface area contributed by atoms with E-state index in [1.165, 1.54) is 30.2 Å². The number of methoxy groups -OCH3 is 1. The summed E-state index contributed by atoms with van der Waals surface area (Å²) < 4.78 is 74.8. The van der Waals surface area contributed by atoms with Gasteiger partial charge in [0.25, 0.3) is 10.0 Å². The molecule has 0 saturated heterocycles. The summed E-state index contributed by atoms with van der Waals surface area (Å²) in [5.74, 6) is -0.727. The molecule has 1 atom stereocenters. The van der Waals surface area contributed by atoms with Gasteiger partial charge in [-0.3, -0.25) is 13.9 Å². The minimum Gasteiger partial charge on any atom is -0.497 e. The smallest absolute Gasteiger partial charge is 0.416 e. The molecule has 0 unspecified atom stereocenters. The van der Waals surface area contributed by atoms with Gasteiger partial charge in [-0.05, 0) is 82.1 Å². The predicted octanol–water partition coefficient (Wildman–Crippen LogP) is 5.94. The molecule has 0 aliphatic rings. The Bertz CT molecular complexity index is 1570. The fourth-order valence-electron chi connectivity index (χ4n) is 4.54. The van der Waals surface area contributed by atoms with Crippen molar-refractivity contribution in [2.24, 2.45) is 0 Å². The molecule has 0 aliphatic heterocycles. The quantitative estimate of drug-likeness (QED) is 0.282. The molecule has 0 saturated carbocycles. The first-order chi connectivity index (χ1) is 20.5. The molecule has 0 fully saturated rings. The zero-order valence-electron chi connectivity index (χ0n) is 25.6. The van der Waals surface area contributed by atoms with E-state index in [2.05, 4.69) is 5.32 Å². The van der Waals surface area contributed by atoms with Crippen LogP contribution in [0, 0.1) is 6.92 Å². The molecule has 0 spiro atoms. The number of nitrogens with zero attached hydrogens (tertiary/aromatic N) is 2. The maximum absolute atomic E-state index is 14.2. The van der Waals surface area contributed by atoms with Crippen LogP contribution in [0.4, 0.5) is 18.9 Å². The molecule has 238 valence electrons. The van der Waals surface area contributed by atoms with Crippen molar-refractivity contribution in [2.45, 2.75) is 70.2 Å². The van der Waals surface area contributed by atoms with Crippen LogP contribution in [0.2, 0.25) is 0 Å². The molecule has 0 heterocycles. The number of carbonyl (C=O) groups excluding carboxylic acids is 2. The lowest BCUT2D eigenvalue weighted by Crippen LogP contribution is -2.55. The highest BCUT2D eigenvalue weighted by atomic mass is 32.2. The van der Waals surface area contributed by atoms with Gasteiger partial charge in [-0.1, -0.05) is 42.8 Å². The summed E-state index contributed by atoms with van der Waals surface area (Å²) in [6.07, 6.45) is -4.57. The van der Waals surface area contributed by atoms with Crippen LogP contribution in [0.1, 0.15) is 50.8 Å². The second kappa shape index (κ2) is 13.7. The molecule has 44 heavy (non-hydrogen) atoms. The van der Waals surface area contributed by atoms with Gasteiger partial charge in [-0.25, -0.2) is 8.42 Å². The molecule has 0 bridgehead atoms. The number of amides is 2. The molecular weight excluding hydrogens is 595 g/mol. The highest BCUT2D eigenvalue weighted by molar-refractivity contribution is 7.92. The van der Waals surface area contributed by atoms with Crippen LogP contribution in [0.3, 0.4) is 0 Å². The Morgan fingerprint density at radius 1 is 0.955 bits per heavy atom. The van der Waals surface area contributed by atoms with Gasteiger partial charge in [-0.2, -0.15) is 13.2 Å². The topological polar surface area (TPSA) is 96.0 Å². The number of anilines is 1. The third-order valence-corrected chi connectivity index (χ3v) is 8.51. The van der Waals surface area contributed by atoms with E-state index in [0.29, 0.717) is 21.7 Å². The fraction of sp³-hybridized carbons (Fsp3) is 0.375. The first kappa shape index (κ1) is 34.4. The lowest BCUT2D eigenvalue weighted by atomic mass is 10.1. The zero-order valence-corrected chi connectivity index (χ0v) is 26.4. The molecule has 3 aromatic rings. The average molecular weight is 634 g/mol. The number of alkyl halides is 3. The summed E-state index contributed by atoms with van der Waals surface area (Å²) in [4.78, 5) is 28.6. The summed E-state index contributed by atoms with van der Waals surface area (Å²) in [6.45, 7) is 7.88. The van der Waals surface area contributed by atoms with Crippen molar-refractivity contribution in [2.75, 3.05) is 18.0 Å². The summed E-state index contributed by atoms with van der Waals surface area (Å²) in [6, 6.07) is 15.4. The van der Waals surface area contributed by atoms with Gasteiger partial charge in [0.2, 0.25) is 11.8 Å². The summed E-state index contributed by atoms with van der Waals surface area (Å²) in [5, 5.41) is 2.87. The van der Waals surface area contributed by atoms with Crippen molar-refractivity contribution in [3.63, 3.8) is 0 Å². The monoisotopic (exact) mass is 633 g/mol. The predicted molar refractivity (Wildman–Crippen MR) is 163 cm³/mol. The standard InChI is InChI=1S/C32H38F3N3O5S/c1-7-28(30(40)36-31(3,4)5)37(20-23-10-8-13-26(18-23)43-6)29(39)21-38(25-12-9-11-24(19-25)32(33,34)35)44(41,42)27-16-14-22(2)15-17-27/h8-19,28H,7,20-21H2,1-6H3,(H,36,40)/t28-/m0/s1. The van der Waals surface area contributed by atoms with E-state index >= 15 is 0 Å². The van der Waals surface area contributed by atoms with Gasteiger partial charge < -0.3 is 15.0 Å². The maximum Gasteiger partial charge on any atom is 0.416 e. The van der Waals surface area contributed by atoms with Crippen LogP contribution in [-0.4, -0.2) is 50.4 Å². The highest BCUT2D eigenvalue weighted by Crippen LogP contribution is 2.33. The lowest BCUT2D eigenvalue weighted by Gasteiger charge is -2.35. The molecule has 0 aromatic heterocycles. The van der Waals surface area contributed by atoms with Crippen LogP contribution in [-0.2, 0) is 32.3 Å². The zero-order chi connectivity index (χ0) is 32.9. The van der Waals surface area contributed by atoms with Gasteiger partial charge in [-0.15, -0.1) is 0 Å². The lowest BCUT2D eigenvalue weighted by molar-refractivity contribution is -0.141. The van der Waals surface area contributed by atoms with E-state index in [0.717, 1.165) is 17.7 Å². The van der Waals surface area contributed by atoms with Gasteiger partial charge in [0.1, 0.15) is 18.3 Å². The van der Waals surface area contributed by atoms with Crippen LogP contribution < -0.4 is 14.4 Å². The van der Waals surface area contributed by atoms with E-state index in [4.69, 9.17) is 4.74 Å². The molecule has 12 heteroatoms. The molecule has 1 N–H and O–H groups in total. The van der Waals surface area contributed by atoms with Crippen LogP contribution in [0.25, 0.3) is 0 Å². The Hall–Kier alpha value is -4.06. The molecular formula is C32H38F3N3O5S. The molecule has 0 radical (unpaired) electrons. The number of sulfonamides is 1. The molecule has 3 aromatic carbocycles. The highest BCUT2D eigenvalue weighted by Gasteiger charge is 2.36. The first-order valence-electron chi connectivity index (χ1n) is 14.0. The fourth-order valence-corrected chi connectivity index (χ4v) is 5.95. The second-order valence-electron chi connectivity index (χ2n) is 11.4. The van der Waals surface area contributed by atoms with Gasteiger partial charge in [0.05, 0.1) is 23.3 Å². The second-order valence-corrected chi connectivity index (χ2v) is 13.3. The van der Waals surface area contributed by atoms with E-state index in [-0.39, 0.29) is 23.5 Å². The number of halogens is 3. The van der Waals surface area contributed by atoms with Gasteiger partial charge >= 0.3 is 6.18 Å². The number of rotatable bonds is 11. The summed E-state index contributed by atoms with van der Waals surface area (Å²) >= 11 is 0. The number of hydrogen-bond donors (Lipinski definition) is 1. The number of carbonyl (C=O) groups is 2. The molecule has 8 nitrogen and oxygen atoms in total. The van der Waals surface area contributed by atoms with Gasteiger partial charge in [0, 0.05) is 12.1 Å². The van der Waals surface area contributed by atoms with E-state index < -0.39 is 51.7 Å². The van der Waals surface area contributed by atoms with Crippen LogP contribution in [0.5, 0.6) is 5.75 Å². The van der Waals surface area contributed by atoms with Crippen molar-refractivity contribution >= 4 is 27.5 Å². The Balaban J connectivity index is 2.14. The Morgan fingerprint density at radius 2 is 1.59 bits per heavy atom. The Morgan fingerprint density at radius 3 is 2.16 bits per heavy atom. The summed E-state index contributed by atoms with van der Waals surface area (Å²) in [5.41, 5.74) is -0.677. The summed E-state index contributed by atoms with van der Waals surface area (Å²) in [7, 11) is -3.05. The number of nitrogens with one attached hydrogen (secondary N) is 1. The number of ether oxygens (including phenoxy) is 1. The van der Waals surface area contributed by atoms with Crippen molar-refractivity contribution in [3.05, 3.63) is 89.5 Å². The van der Waals surface area contributed by atoms with Gasteiger partial charge in [0.15, 0.2) is 0 Å². The maximum atomic E-state index is 14.2. The largest absolute Gasteiger partial charge is 0.497 e. The van der Waals surface area contributed by atoms with Crippen molar-refractivity contribution in [3.8, 4) is 5.75 Å². The normalized spacial score (nSPS) is 12.8. The third kappa shape index (κ3) is 8.75. The third-order valence-electron chi connectivity index (χ3n) is 6.72. The Labute approximate surface area is 256 Å². The first-order valence-corrected chi connectivity index (χ1v) is 15.4. The van der Waals surface area contributed by atoms with Crippen molar-refractivity contribution in [1.82, 2.24) is 10.2 Å². The SMILES string of the molecule is CC[C@@H](C(=O)NC(C)(C)C)N(Cc1cccc(OC)c1)C(=O)CN(c1cccc(C(F)(F)F)c1)S(=O)(=O)c1ccc(C)cc1. The molecule has 2 amide bonds. The number of hydrogen-bond acceptors (Lipinski definition) is 5. The minimum absolute atomic E-state index is 0.0902. The minimum atomic E-state index is -4.75. The Kier molecular flexibility index (Phi) is 10.7. The van der Waals surface area contributed by atoms with E-state index in [1.807, 2.05) is 0 Å². The van der Waals surface area contributed by atoms with E-state index in [9.17, 15) is 31.2 Å². The molecule has 3 rings (SSSR count). The molecule has 0 aliphatic carbocycles. The van der Waals surface area contributed by atoms with E-state index in [1.54, 1.807) is 71.0 Å². The van der Waals surface area contributed by atoms with Crippen molar-refractivity contribution < 1.29 is 35.9 Å². The number of benzene rings is 3. The average Bonchev–Trinajstić information content (AvgIpc) is 2.94. The van der Waals surface area contributed by atoms with Crippen molar-refractivity contribution in [1.29, 1.82) is 0 Å². The van der Waals surface area contributed by atoms with Crippen LogP contribution >= 0.6 is 0 Å². The van der Waals surface area contributed by atoms with Crippen LogP contribution in [0.15, 0.2) is 77.7 Å².